The molecule has 114 valence electrons. The number of pyridine rings is 1. The lowest BCUT2D eigenvalue weighted by atomic mass is 10.2. The van der Waals surface area contributed by atoms with Gasteiger partial charge < -0.3 is 10.8 Å². The summed E-state index contributed by atoms with van der Waals surface area (Å²) in [4.78, 5) is 3.76. The maximum absolute atomic E-state index is 12.6. The highest BCUT2D eigenvalue weighted by Crippen LogP contribution is 2.25. The van der Waals surface area contributed by atoms with Crippen LogP contribution in [0.25, 0.3) is 0 Å². The third-order valence-corrected chi connectivity index (χ3v) is 5.34. The van der Waals surface area contributed by atoms with Crippen LogP contribution in [0.1, 0.15) is 26.7 Å². The Kier molecular flexibility index (Phi) is 6.19. The summed E-state index contributed by atoms with van der Waals surface area (Å²) in [7, 11) is -3.76. The summed E-state index contributed by atoms with van der Waals surface area (Å²) in [6.45, 7) is 3.60. The van der Waals surface area contributed by atoms with Crippen LogP contribution in [0.5, 0.6) is 0 Å². The molecule has 8 heteroatoms. The molecule has 1 rings (SSSR count). The first kappa shape index (κ1) is 17.2. The van der Waals surface area contributed by atoms with Crippen LogP contribution in [0, 0.1) is 0 Å². The molecule has 0 spiro atoms. The van der Waals surface area contributed by atoms with Crippen molar-refractivity contribution in [1.82, 2.24) is 9.29 Å². The number of halogens is 1. The van der Waals surface area contributed by atoms with Gasteiger partial charge >= 0.3 is 0 Å². The maximum atomic E-state index is 12.6. The van der Waals surface area contributed by atoms with E-state index in [-0.39, 0.29) is 34.9 Å². The lowest BCUT2D eigenvalue weighted by Crippen LogP contribution is -2.41. The van der Waals surface area contributed by atoms with Gasteiger partial charge in [0.15, 0.2) is 0 Å². The average molecular weight is 322 g/mol. The number of rotatable bonds is 7. The molecule has 0 fully saturated rings. The van der Waals surface area contributed by atoms with Crippen molar-refractivity contribution in [3.8, 4) is 0 Å². The fourth-order valence-corrected chi connectivity index (χ4v) is 3.97. The molecule has 0 aliphatic rings. The Balaban J connectivity index is 3.24. The number of aromatic nitrogens is 1. The molecule has 0 atom stereocenters. The summed E-state index contributed by atoms with van der Waals surface area (Å²) in [5.41, 5.74) is 5.49. The van der Waals surface area contributed by atoms with E-state index in [1.165, 1.54) is 16.6 Å². The predicted molar refractivity (Wildman–Crippen MR) is 79.0 cm³/mol. The molecule has 1 heterocycles. The Bertz CT molecular complexity index is 547. The number of nitrogens with two attached hydrogens (primary N) is 1. The van der Waals surface area contributed by atoms with Gasteiger partial charge in [0, 0.05) is 18.8 Å². The average Bonchev–Trinajstić information content (AvgIpc) is 2.42. The zero-order valence-corrected chi connectivity index (χ0v) is 13.2. The molecule has 20 heavy (non-hydrogen) atoms. The largest absolute Gasteiger partial charge is 0.395 e. The molecular weight excluding hydrogens is 302 g/mol. The molecule has 0 saturated carbocycles. The number of aliphatic hydroxyl groups is 1. The lowest BCUT2D eigenvalue weighted by Gasteiger charge is -2.28. The van der Waals surface area contributed by atoms with Crippen molar-refractivity contribution in [3.63, 3.8) is 0 Å². The molecule has 6 nitrogen and oxygen atoms in total. The van der Waals surface area contributed by atoms with E-state index in [4.69, 9.17) is 22.4 Å². The molecule has 0 bridgehead atoms. The van der Waals surface area contributed by atoms with Crippen LogP contribution >= 0.6 is 11.6 Å². The van der Waals surface area contributed by atoms with Crippen LogP contribution in [0.4, 0.5) is 5.82 Å². The van der Waals surface area contributed by atoms with Gasteiger partial charge in [0.05, 0.1) is 11.6 Å². The Labute approximate surface area is 124 Å². The van der Waals surface area contributed by atoms with E-state index in [1.54, 1.807) is 0 Å². The number of hydrogen-bond donors (Lipinski definition) is 2. The second-order valence-corrected chi connectivity index (χ2v) is 6.65. The molecule has 0 aliphatic heterocycles. The Morgan fingerprint density at radius 1 is 1.45 bits per heavy atom. The van der Waals surface area contributed by atoms with E-state index < -0.39 is 10.0 Å². The zero-order valence-electron chi connectivity index (χ0n) is 11.6. The van der Waals surface area contributed by atoms with Crippen LogP contribution < -0.4 is 5.73 Å². The number of anilines is 1. The number of hydrogen-bond acceptors (Lipinski definition) is 5. The third-order valence-electron chi connectivity index (χ3n) is 3.12. The summed E-state index contributed by atoms with van der Waals surface area (Å²) in [5, 5.41) is 9.21. The van der Waals surface area contributed by atoms with Crippen LogP contribution in [0.3, 0.4) is 0 Å². The van der Waals surface area contributed by atoms with E-state index in [0.717, 1.165) is 0 Å². The third kappa shape index (κ3) is 3.60. The first-order valence-electron chi connectivity index (χ1n) is 6.42. The summed E-state index contributed by atoms with van der Waals surface area (Å²) in [5.74, 6) is 0.0851. The molecule has 0 saturated heterocycles. The van der Waals surface area contributed by atoms with Crippen LogP contribution in [0.2, 0.25) is 5.02 Å². The first-order chi connectivity index (χ1) is 9.38. The summed E-state index contributed by atoms with van der Waals surface area (Å²) in [6, 6.07) is 1.11. The van der Waals surface area contributed by atoms with E-state index in [1.807, 2.05) is 13.8 Å². The Hall–Kier alpha value is -0.890. The Morgan fingerprint density at radius 3 is 2.50 bits per heavy atom. The second-order valence-electron chi connectivity index (χ2n) is 4.35. The standard InChI is InChI=1S/C12H20ClN3O3S/c1-3-9(4-2)16(5-6-17)20(18,19)10-7-11(13)12(14)15-8-10/h7-9,17H,3-6H2,1-2H3,(H2,14,15). The van der Waals surface area contributed by atoms with Crippen molar-refractivity contribution in [3.05, 3.63) is 17.3 Å². The van der Waals surface area contributed by atoms with Crippen LogP contribution in [-0.2, 0) is 10.0 Å². The normalized spacial score (nSPS) is 12.3. The number of aliphatic hydroxyl groups excluding tert-OH is 1. The van der Waals surface area contributed by atoms with Crippen LogP contribution in [0.15, 0.2) is 17.2 Å². The quantitative estimate of drug-likeness (QED) is 0.793. The van der Waals surface area contributed by atoms with Gasteiger partial charge in [-0.2, -0.15) is 4.31 Å². The summed E-state index contributed by atoms with van der Waals surface area (Å²) >= 11 is 5.83. The van der Waals surface area contributed by atoms with E-state index in [9.17, 15) is 8.42 Å². The van der Waals surface area contributed by atoms with E-state index >= 15 is 0 Å². The fourth-order valence-electron chi connectivity index (χ4n) is 2.00. The molecule has 1 aromatic rings. The molecule has 3 N–H and O–H groups in total. The van der Waals surface area contributed by atoms with Gasteiger partial charge in [-0.25, -0.2) is 13.4 Å². The summed E-state index contributed by atoms with van der Waals surface area (Å²) in [6.07, 6.45) is 2.50. The molecular formula is C12H20ClN3O3S. The molecule has 0 unspecified atom stereocenters. The van der Waals surface area contributed by atoms with Gasteiger partial charge in [0.2, 0.25) is 10.0 Å². The van der Waals surface area contributed by atoms with Crippen LogP contribution in [-0.4, -0.2) is 42.0 Å². The zero-order chi connectivity index (χ0) is 15.3. The van der Waals surface area contributed by atoms with Crippen molar-refractivity contribution in [2.45, 2.75) is 37.6 Å². The van der Waals surface area contributed by atoms with Crippen molar-refractivity contribution >= 4 is 27.4 Å². The van der Waals surface area contributed by atoms with Crippen molar-refractivity contribution < 1.29 is 13.5 Å². The van der Waals surface area contributed by atoms with Crippen molar-refractivity contribution in [2.24, 2.45) is 0 Å². The van der Waals surface area contributed by atoms with Crippen molar-refractivity contribution in [2.75, 3.05) is 18.9 Å². The van der Waals surface area contributed by atoms with E-state index in [0.29, 0.717) is 12.8 Å². The number of nitrogens with zero attached hydrogens (tertiary/aromatic N) is 2. The maximum Gasteiger partial charge on any atom is 0.244 e. The minimum absolute atomic E-state index is 0.0166. The topological polar surface area (TPSA) is 96.5 Å². The lowest BCUT2D eigenvalue weighted by molar-refractivity contribution is 0.219. The highest BCUT2D eigenvalue weighted by molar-refractivity contribution is 7.89. The van der Waals surface area contributed by atoms with Gasteiger partial charge in [-0.15, -0.1) is 0 Å². The molecule has 0 aliphatic carbocycles. The van der Waals surface area contributed by atoms with Crippen molar-refractivity contribution in [1.29, 1.82) is 0 Å². The minimum atomic E-state index is -3.76. The molecule has 0 radical (unpaired) electrons. The summed E-state index contributed by atoms with van der Waals surface area (Å²) < 4.78 is 26.5. The van der Waals surface area contributed by atoms with Gasteiger partial charge in [0.25, 0.3) is 0 Å². The van der Waals surface area contributed by atoms with Gasteiger partial charge in [-0.3, -0.25) is 0 Å². The highest BCUT2D eigenvalue weighted by atomic mass is 35.5. The molecule has 1 aromatic heterocycles. The predicted octanol–water partition coefficient (Wildman–Crippen LogP) is 1.49. The van der Waals surface area contributed by atoms with Gasteiger partial charge in [0.1, 0.15) is 10.7 Å². The second kappa shape index (κ2) is 7.21. The first-order valence-corrected chi connectivity index (χ1v) is 8.23. The smallest absolute Gasteiger partial charge is 0.244 e. The SMILES string of the molecule is CCC(CC)N(CCO)S(=O)(=O)c1cnc(N)c(Cl)c1. The fraction of sp³-hybridized carbons (Fsp3) is 0.583. The van der Waals surface area contributed by atoms with Gasteiger partial charge in [-0.05, 0) is 18.9 Å². The number of nitrogen functional groups attached to an aromatic ring is 1. The minimum Gasteiger partial charge on any atom is -0.395 e. The number of sulfonamides is 1. The highest BCUT2D eigenvalue weighted by Gasteiger charge is 2.30. The monoisotopic (exact) mass is 321 g/mol. The van der Waals surface area contributed by atoms with Gasteiger partial charge in [-0.1, -0.05) is 25.4 Å². The van der Waals surface area contributed by atoms with E-state index in [2.05, 4.69) is 4.98 Å². The Morgan fingerprint density at radius 2 is 2.05 bits per heavy atom. The molecule has 0 amide bonds. The molecule has 0 aromatic carbocycles.